The lowest BCUT2D eigenvalue weighted by Crippen LogP contribution is -2.30. The first-order chi connectivity index (χ1) is 13.8. The molecule has 0 spiro atoms. The Morgan fingerprint density at radius 2 is 1.72 bits per heavy atom. The van der Waals surface area contributed by atoms with Crippen molar-refractivity contribution in [1.29, 1.82) is 0 Å². The van der Waals surface area contributed by atoms with Crippen LogP contribution in [0.3, 0.4) is 0 Å². The number of nitrogens with zero attached hydrogens (tertiary/aromatic N) is 2. The molecule has 150 valence electrons. The van der Waals surface area contributed by atoms with Gasteiger partial charge in [-0.2, -0.15) is 0 Å². The number of ketones is 1. The highest BCUT2D eigenvalue weighted by molar-refractivity contribution is 6.46. The first kappa shape index (κ1) is 20.3. The number of non-ortho nitro benzene ring substituents is 1. The second-order valence-corrected chi connectivity index (χ2v) is 7.06. The van der Waals surface area contributed by atoms with E-state index in [9.17, 15) is 24.8 Å². The van der Waals surface area contributed by atoms with Crippen LogP contribution in [-0.2, 0) is 9.59 Å². The van der Waals surface area contributed by atoms with Crippen LogP contribution in [0.2, 0.25) is 0 Å². The molecule has 0 bridgehead atoms. The van der Waals surface area contributed by atoms with Gasteiger partial charge in [-0.25, -0.2) is 0 Å². The van der Waals surface area contributed by atoms with Crippen LogP contribution in [0.4, 0.5) is 5.69 Å². The van der Waals surface area contributed by atoms with Crippen molar-refractivity contribution in [3.63, 3.8) is 0 Å². The molecular formula is C22H22N2O5. The fourth-order valence-corrected chi connectivity index (χ4v) is 3.43. The molecular weight excluding hydrogens is 372 g/mol. The van der Waals surface area contributed by atoms with Crippen LogP contribution < -0.4 is 0 Å². The number of carbonyl (C=O) groups is 2. The quantitative estimate of drug-likeness (QED) is 0.261. The number of amides is 1. The largest absolute Gasteiger partial charge is 0.507 e. The van der Waals surface area contributed by atoms with Gasteiger partial charge < -0.3 is 10.0 Å². The fourth-order valence-electron chi connectivity index (χ4n) is 3.43. The second kappa shape index (κ2) is 8.26. The van der Waals surface area contributed by atoms with Crippen molar-refractivity contribution in [1.82, 2.24) is 4.90 Å². The first-order valence-corrected chi connectivity index (χ1v) is 9.45. The molecule has 0 radical (unpaired) electrons. The SMILES string of the molecule is CCCCN1C(=O)C(=O)C(=C(O)c2ccc(C)cc2)[C@H]1c1ccc([N+](=O)[O-])cc1. The number of aryl methyl sites for hydroxylation is 1. The highest BCUT2D eigenvalue weighted by Gasteiger charge is 2.45. The molecule has 3 rings (SSSR count). The van der Waals surface area contributed by atoms with Crippen LogP contribution in [0.1, 0.15) is 42.5 Å². The van der Waals surface area contributed by atoms with Crippen molar-refractivity contribution in [2.45, 2.75) is 32.7 Å². The monoisotopic (exact) mass is 394 g/mol. The van der Waals surface area contributed by atoms with Crippen molar-refractivity contribution in [2.24, 2.45) is 0 Å². The molecule has 29 heavy (non-hydrogen) atoms. The van der Waals surface area contributed by atoms with Crippen molar-refractivity contribution < 1.29 is 19.6 Å². The zero-order chi connectivity index (χ0) is 21.1. The number of benzene rings is 2. The standard InChI is InChI=1S/C22H22N2O5/c1-3-4-13-23-19(15-9-11-17(12-10-15)24(28)29)18(21(26)22(23)27)20(25)16-7-5-14(2)6-8-16/h5-12,19,25H,3-4,13H2,1-2H3/t19-/m1/s1. The maximum absolute atomic E-state index is 12.8. The molecule has 1 N–H and O–H groups in total. The minimum Gasteiger partial charge on any atom is -0.507 e. The summed E-state index contributed by atoms with van der Waals surface area (Å²) in [4.78, 5) is 37.4. The molecule has 1 aliphatic rings. The Labute approximate surface area is 168 Å². The molecule has 1 amide bonds. The van der Waals surface area contributed by atoms with Gasteiger partial charge >= 0.3 is 0 Å². The lowest BCUT2D eigenvalue weighted by molar-refractivity contribution is -0.384. The number of hydrogen-bond acceptors (Lipinski definition) is 5. The van der Waals surface area contributed by atoms with Crippen molar-refractivity contribution in [2.75, 3.05) is 6.54 Å². The van der Waals surface area contributed by atoms with Gasteiger partial charge in [0.15, 0.2) is 0 Å². The lowest BCUT2D eigenvalue weighted by Gasteiger charge is -2.25. The number of aliphatic hydroxyl groups excluding tert-OH is 1. The highest BCUT2D eigenvalue weighted by Crippen LogP contribution is 2.39. The number of hydrogen-bond donors (Lipinski definition) is 1. The minimum absolute atomic E-state index is 0.00353. The molecule has 1 saturated heterocycles. The number of carbonyl (C=O) groups excluding carboxylic acids is 2. The van der Waals surface area contributed by atoms with Gasteiger partial charge in [-0.1, -0.05) is 43.2 Å². The fraction of sp³-hybridized carbons (Fsp3) is 0.273. The summed E-state index contributed by atoms with van der Waals surface area (Å²) in [7, 11) is 0. The van der Waals surface area contributed by atoms with Crippen molar-refractivity contribution in [3.8, 4) is 0 Å². The predicted molar refractivity (Wildman–Crippen MR) is 108 cm³/mol. The summed E-state index contributed by atoms with van der Waals surface area (Å²) in [5.41, 5.74) is 1.90. The summed E-state index contributed by atoms with van der Waals surface area (Å²) in [5, 5.41) is 21.9. The lowest BCUT2D eigenvalue weighted by atomic mass is 9.95. The first-order valence-electron chi connectivity index (χ1n) is 9.45. The number of nitro benzene ring substituents is 1. The van der Waals surface area contributed by atoms with Crippen LogP contribution in [0, 0.1) is 17.0 Å². The smallest absolute Gasteiger partial charge is 0.295 e. The zero-order valence-electron chi connectivity index (χ0n) is 16.3. The maximum atomic E-state index is 12.8. The second-order valence-electron chi connectivity index (χ2n) is 7.06. The summed E-state index contributed by atoms with van der Waals surface area (Å²) >= 11 is 0. The topological polar surface area (TPSA) is 101 Å². The number of Topliss-reactive ketones (excluding diaryl/α,β-unsaturated/α-hetero) is 1. The Kier molecular flexibility index (Phi) is 5.77. The molecule has 1 aliphatic heterocycles. The highest BCUT2D eigenvalue weighted by atomic mass is 16.6. The van der Waals surface area contributed by atoms with Gasteiger partial charge in [-0.3, -0.25) is 19.7 Å². The summed E-state index contributed by atoms with van der Waals surface area (Å²) in [5.74, 6) is -1.66. The molecule has 1 atom stereocenters. The Bertz CT molecular complexity index is 977. The molecule has 1 fully saturated rings. The maximum Gasteiger partial charge on any atom is 0.295 e. The van der Waals surface area contributed by atoms with Gasteiger partial charge in [0.05, 0.1) is 16.5 Å². The van der Waals surface area contributed by atoms with Crippen LogP contribution in [0.25, 0.3) is 5.76 Å². The Balaban J connectivity index is 2.14. The number of unbranched alkanes of at least 4 members (excludes halogenated alkanes) is 1. The van der Waals surface area contributed by atoms with E-state index in [1.807, 2.05) is 26.0 Å². The number of aliphatic hydroxyl groups is 1. The van der Waals surface area contributed by atoms with Gasteiger partial charge in [-0.05, 0) is 31.0 Å². The van der Waals surface area contributed by atoms with E-state index in [1.165, 1.54) is 29.2 Å². The summed E-state index contributed by atoms with van der Waals surface area (Å²) in [6, 6.07) is 11.9. The van der Waals surface area contributed by atoms with Crippen LogP contribution in [-0.4, -0.2) is 33.2 Å². The zero-order valence-corrected chi connectivity index (χ0v) is 16.3. The third-order valence-electron chi connectivity index (χ3n) is 5.04. The predicted octanol–water partition coefficient (Wildman–Crippen LogP) is 4.13. The molecule has 0 aromatic heterocycles. The Morgan fingerprint density at radius 1 is 1.10 bits per heavy atom. The van der Waals surface area contributed by atoms with Gasteiger partial charge in [-0.15, -0.1) is 0 Å². The van der Waals surface area contributed by atoms with E-state index in [1.54, 1.807) is 12.1 Å². The summed E-state index contributed by atoms with van der Waals surface area (Å²) in [6.07, 6.45) is 1.52. The Morgan fingerprint density at radius 3 is 2.28 bits per heavy atom. The van der Waals surface area contributed by atoms with Crippen LogP contribution >= 0.6 is 0 Å². The van der Waals surface area contributed by atoms with Crippen molar-refractivity contribution in [3.05, 3.63) is 80.9 Å². The van der Waals surface area contributed by atoms with E-state index < -0.39 is 22.7 Å². The van der Waals surface area contributed by atoms with Gasteiger partial charge in [0, 0.05) is 24.2 Å². The Hall–Kier alpha value is -3.48. The summed E-state index contributed by atoms with van der Waals surface area (Å²) < 4.78 is 0. The van der Waals surface area contributed by atoms with Gasteiger partial charge in [0.1, 0.15) is 5.76 Å². The van der Waals surface area contributed by atoms with Crippen LogP contribution in [0.15, 0.2) is 54.1 Å². The van der Waals surface area contributed by atoms with E-state index in [-0.39, 0.29) is 17.0 Å². The van der Waals surface area contributed by atoms with Crippen LogP contribution in [0.5, 0.6) is 0 Å². The molecule has 1 heterocycles. The van der Waals surface area contributed by atoms with Gasteiger partial charge in [0.25, 0.3) is 17.4 Å². The molecule has 7 nitrogen and oxygen atoms in total. The van der Waals surface area contributed by atoms with Crippen molar-refractivity contribution >= 4 is 23.1 Å². The number of nitro groups is 1. The molecule has 0 unspecified atom stereocenters. The molecule has 7 heteroatoms. The third kappa shape index (κ3) is 3.89. The van der Waals surface area contributed by atoms with E-state index >= 15 is 0 Å². The molecule has 0 saturated carbocycles. The van der Waals surface area contributed by atoms with E-state index in [4.69, 9.17) is 0 Å². The third-order valence-corrected chi connectivity index (χ3v) is 5.04. The summed E-state index contributed by atoms with van der Waals surface area (Å²) in [6.45, 7) is 4.24. The van der Waals surface area contributed by atoms with E-state index in [0.29, 0.717) is 24.1 Å². The molecule has 2 aromatic carbocycles. The van der Waals surface area contributed by atoms with E-state index in [2.05, 4.69) is 0 Å². The van der Waals surface area contributed by atoms with E-state index in [0.717, 1.165) is 12.0 Å². The average molecular weight is 394 g/mol. The molecule has 2 aromatic rings. The van der Waals surface area contributed by atoms with Gasteiger partial charge in [0.2, 0.25) is 0 Å². The number of likely N-dealkylation sites (tertiary alicyclic amines) is 1. The normalized spacial score (nSPS) is 18.3. The minimum atomic E-state index is -0.788. The average Bonchev–Trinajstić information content (AvgIpc) is 2.97. The molecule has 0 aliphatic carbocycles. The number of rotatable bonds is 6.